The highest BCUT2D eigenvalue weighted by atomic mass is 32.1. The molecule has 148 valence electrons. The smallest absolute Gasteiger partial charge is 0.260 e. The normalized spacial score (nSPS) is 11.4. The van der Waals surface area contributed by atoms with Crippen molar-refractivity contribution in [1.82, 2.24) is 4.98 Å². The standard InChI is InChI=1S/C21H24FN3O2S/c1-14(2)27-17-8-5-15(6-9-17)20(26)25(12-11-24(3)4)21-23-18-10-7-16(22)13-19(18)28-21/h5-10,13-14H,11-12H2,1-4H3/p+1. The summed E-state index contributed by atoms with van der Waals surface area (Å²) in [5.74, 6) is 0.294. The molecule has 5 nitrogen and oxygen atoms in total. The third kappa shape index (κ3) is 4.85. The minimum Gasteiger partial charge on any atom is -0.491 e. The molecule has 0 bridgehead atoms. The minimum atomic E-state index is -0.306. The van der Waals surface area contributed by atoms with Crippen LogP contribution >= 0.6 is 11.3 Å². The lowest BCUT2D eigenvalue weighted by Gasteiger charge is -2.21. The molecule has 28 heavy (non-hydrogen) atoms. The number of hydrogen-bond donors (Lipinski definition) is 1. The number of carbonyl (C=O) groups is 1. The van der Waals surface area contributed by atoms with Crippen molar-refractivity contribution >= 4 is 32.6 Å². The van der Waals surface area contributed by atoms with Crippen LogP contribution in [-0.4, -0.2) is 44.2 Å². The maximum atomic E-state index is 13.5. The fourth-order valence-electron chi connectivity index (χ4n) is 2.73. The van der Waals surface area contributed by atoms with E-state index in [0.29, 0.717) is 22.8 Å². The second kappa shape index (κ2) is 8.67. The number of aromatic nitrogens is 1. The molecule has 0 unspecified atom stereocenters. The molecular formula is C21H25FN3O2S+. The Hall–Kier alpha value is -2.51. The molecule has 0 aliphatic carbocycles. The number of rotatable bonds is 7. The van der Waals surface area contributed by atoms with Gasteiger partial charge in [-0.3, -0.25) is 9.69 Å². The number of carbonyl (C=O) groups excluding carboxylic acids is 1. The molecule has 0 aliphatic rings. The summed E-state index contributed by atoms with van der Waals surface area (Å²) in [5.41, 5.74) is 1.26. The van der Waals surface area contributed by atoms with Gasteiger partial charge < -0.3 is 9.64 Å². The predicted octanol–water partition coefficient (Wildman–Crippen LogP) is 3.01. The van der Waals surface area contributed by atoms with Crippen molar-refractivity contribution in [2.24, 2.45) is 0 Å². The van der Waals surface area contributed by atoms with Gasteiger partial charge in [0.1, 0.15) is 11.6 Å². The van der Waals surface area contributed by atoms with Gasteiger partial charge in [-0.05, 0) is 56.3 Å². The van der Waals surface area contributed by atoms with Crippen LogP contribution < -0.4 is 14.5 Å². The largest absolute Gasteiger partial charge is 0.491 e. The van der Waals surface area contributed by atoms with Gasteiger partial charge in [0.05, 0.1) is 43.5 Å². The third-order valence-corrected chi connectivity index (χ3v) is 5.16. The van der Waals surface area contributed by atoms with E-state index in [4.69, 9.17) is 4.74 Å². The van der Waals surface area contributed by atoms with E-state index in [-0.39, 0.29) is 17.8 Å². The lowest BCUT2D eigenvalue weighted by atomic mass is 10.2. The molecule has 1 heterocycles. The highest BCUT2D eigenvalue weighted by Gasteiger charge is 2.22. The zero-order valence-electron chi connectivity index (χ0n) is 16.5. The third-order valence-electron chi connectivity index (χ3n) is 4.12. The van der Waals surface area contributed by atoms with Crippen LogP contribution in [0.3, 0.4) is 0 Å². The molecule has 0 radical (unpaired) electrons. The lowest BCUT2D eigenvalue weighted by molar-refractivity contribution is -0.856. The fourth-order valence-corrected chi connectivity index (χ4v) is 3.74. The van der Waals surface area contributed by atoms with Crippen molar-refractivity contribution in [1.29, 1.82) is 0 Å². The molecule has 0 saturated carbocycles. The van der Waals surface area contributed by atoms with Gasteiger partial charge in [0, 0.05) is 5.56 Å². The van der Waals surface area contributed by atoms with Gasteiger partial charge in [-0.2, -0.15) is 0 Å². The van der Waals surface area contributed by atoms with Gasteiger partial charge in [0.2, 0.25) is 0 Å². The average Bonchev–Trinajstić information content (AvgIpc) is 3.04. The second-order valence-electron chi connectivity index (χ2n) is 7.21. The second-order valence-corrected chi connectivity index (χ2v) is 8.22. The monoisotopic (exact) mass is 402 g/mol. The van der Waals surface area contributed by atoms with E-state index >= 15 is 0 Å². The van der Waals surface area contributed by atoms with Gasteiger partial charge in [-0.1, -0.05) is 11.3 Å². The number of anilines is 1. The molecular weight excluding hydrogens is 377 g/mol. The Balaban J connectivity index is 1.90. The van der Waals surface area contributed by atoms with Crippen LogP contribution in [0.1, 0.15) is 24.2 Å². The van der Waals surface area contributed by atoms with Crippen molar-refractivity contribution < 1.29 is 18.8 Å². The van der Waals surface area contributed by atoms with Crippen LogP contribution in [0.5, 0.6) is 5.75 Å². The van der Waals surface area contributed by atoms with Crippen molar-refractivity contribution in [3.63, 3.8) is 0 Å². The van der Waals surface area contributed by atoms with Crippen LogP contribution in [0.25, 0.3) is 10.2 Å². The number of likely N-dealkylation sites (N-methyl/N-ethyl adjacent to an activating group) is 1. The van der Waals surface area contributed by atoms with Gasteiger partial charge in [-0.25, -0.2) is 9.37 Å². The number of ether oxygens (including phenoxy) is 1. The molecule has 0 spiro atoms. The Labute approximate surface area is 168 Å². The summed E-state index contributed by atoms with van der Waals surface area (Å²) in [6.45, 7) is 5.21. The topological polar surface area (TPSA) is 46.9 Å². The number of benzene rings is 2. The molecule has 1 aromatic heterocycles. The van der Waals surface area contributed by atoms with E-state index in [9.17, 15) is 9.18 Å². The average molecular weight is 403 g/mol. The van der Waals surface area contributed by atoms with Crippen LogP contribution in [-0.2, 0) is 0 Å². The fraction of sp³-hybridized carbons (Fsp3) is 0.333. The summed E-state index contributed by atoms with van der Waals surface area (Å²) in [6.07, 6.45) is 0.0734. The van der Waals surface area contributed by atoms with E-state index in [2.05, 4.69) is 4.98 Å². The summed E-state index contributed by atoms with van der Waals surface area (Å²) in [5, 5.41) is 0.578. The summed E-state index contributed by atoms with van der Waals surface area (Å²) >= 11 is 1.33. The Morgan fingerprint density at radius 1 is 1.21 bits per heavy atom. The van der Waals surface area contributed by atoms with Gasteiger partial charge in [0.15, 0.2) is 5.13 Å². The number of quaternary nitrogens is 1. The van der Waals surface area contributed by atoms with Gasteiger partial charge in [0.25, 0.3) is 5.91 Å². The number of hydrogen-bond acceptors (Lipinski definition) is 4. The summed E-state index contributed by atoms with van der Waals surface area (Å²) < 4.78 is 19.9. The first-order valence-corrected chi connectivity index (χ1v) is 10.1. The minimum absolute atomic E-state index is 0.0734. The molecule has 1 N–H and O–H groups in total. The Kier molecular flexibility index (Phi) is 6.26. The summed E-state index contributed by atoms with van der Waals surface area (Å²) in [6, 6.07) is 11.6. The van der Waals surface area contributed by atoms with Crippen molar-refractivity contribution in [3.8, 4) is 5.75 Å². The molecule has 0 atom stereocenters. The van der Waals surface area contributed by atoms with E-state index in [1.807, 2.05) is 27.9 Å². The summed E-state index contributed by atoms with van der Waals surface area (Å²) in [7, 11) is 4.07. The van der Waals surface area contributed by atoms with E-state index in [0.717, 1.165) is 17.0 Å². The zero-order valence-corrected chi connectivity index (χ0v) is 17.3. The Morgan fingerprint density at radius 2 is 1.93 bits per heavy atom. The van der Waals surface area contributed by atoms with Crippen LogP contribution in [0.15, 0.2) is 42.5 Å². The van der Waals surface area contributed by atoms with Crippen molar-refractivity contribution in [2.45, 2.75) is 20.0 Å². The van der Waals surface area contributed by atoms with Crippen LogP contribution in [0.4, 0.5) is 9.52 Å². The summed E-state index contributed by atoms with van der Waals surface area (Å²) in [4.78, 5) is 20.7. The Morgan fingerprint density at radius 3 is 2.57 bits per heavy atom. The van der Waals surface area contributed by atoms with E-state index in [1.54, 1.807) is 35.2 Å². The van der Waals surface area contributed by atoms with Crippen LogP contribution in [0.2, 0.25) is 0 Å². The molecule has 3 aromatic rings. The number of halogens is 1. The first-order valence-electron chi connectivity index (χ1n) is 9.27. The number of nitrogens with one attached hydrogen (secondary N) is 1. The molecule has 1 amide bonds. The zero-order chi connectivity index (χ0) is 20.3. The number of thiazole rings is 1. The van der Waals surface area contributed by atoms with E-state index in [1.165, 1.54) is 28.4 Å². The maximum Gasteiger partial charge on any atom is 0.260 e. The van der Waals surface area contributed by atoms with Crippen LogP contribution in [0, 0.1) is 5.82 Å². The quantitative estimate of drug-likeness (QED) is 0.661. The highest BCUT2D eigenvalue weighted by Crippen LogP contribution is 2.30. The maximum absolute atomic E-state index is 13.5. The van der Waals surface area contributed by atoms with Gasteiger partial charge >= 0.3 is 0 Å². The number of nitrogens with zero attached hydrogens (tertiary/aromatic N) is 2. The molecule has 0 aliphatic heterocycles. The molecule has 2 aromatic carbocycles. The van der Waals surface area contributed by atoms with Crippen molar-refractivity contribution in [2.75, 3.05) is 32.1 Å². The first-order chi connectivity index (χ1) is 13.3. The SMILES string of the molecule is CC(C)Oc1ccc(C(=O)N(CC[NH+](C)C)c2nc3ccc(F)cc3s2)cc1. The highest BCUT2D eigenvalue weighted by molar-refractivity contribution is 7.22. The predicted molar refractivity (Wildman–Crippen MR) is 111 cm³/mol. The Bertz CT molecular complexity index is 954. The van der Waals surface area contributed by atoms with E-state index < -0.39 is 0 Å². The van der Waals surface area contributed by atoms with Crippen molar-refractivity contribution in [3.05, 3.63) is 53.8 Å². The molecule has 0 saturated heterocycles. The molecule has 3 rings (SSSR count). The number of fused-ring (bicyclic) bond motifs is 1. The molecule has 7 heteroatoms. The lowest BCUT2D eigenvalue weighted by Crippen LogP contribution is -3.06. The van der Waals surface area contributed by atoms with Gasteiger partial charge in [-0.15, -0.1) is 0 Å². The molecule has 0 fully saturated rings. The first kappa shape index (κ1) is 20.2. The number of amides is 1.